The number of carboxylic acid groups (broad SMARTS) is 1. The van der Waals surface area contributed by atoms with Crippen molar-refractivity contribution in [3.05, 3.63) is 24.3 Å². The molecule has 5 nitrogen and oxygen atoms in total. The van der Waals surface area contributed by atoms with Crippen LogP contribution in [0.15, 0.2) is 24.3 Å². The van der Waals surface area contributed by atoms with E-state index in [-0.39, 0.29) is 30.5 Å². The first-order valence-corrected chi connectivity index (χ1v) is 9.39. The van der Waals surface area contributed by atoms with Gasteiger partial charge in [0.1, 0.15) is 5.78 Å². The number of rotatable bonds is 12. The Morgan fingerprint density at radius 3 is 2.64 bits per heavy atom. The van der Waals surface area contributed by atoms with E-state index in [1.54, 1.807) is 12.2 Å². The number of Topliss-reactive ketones (excluding diaryl/α,β-unsaturated/α-hetero) is 1. The number of unbranched alkanes of at least 4 members (excludes halogenated alkanes) is 4. The van der Waals surface area contributed by atoms with Crippen LogP contribution in [0.4, 0.5) is 0 Å². The molecule has 0 radical (unpaired) electrons. The molecule has 0 saturated heterocycles. The third-order valence-electron chi connectivity index (χ3n) is 4.77. The molecule has 1 saturated carbocycles. The van der Waals surface area contributed by atoms with Crippen LogP contribution >= 0.6 is 0 Å². The van der Waals surface area contributed by atoms with E-state index in [1.165, 1.54) is 0 Å². The van der Waals surface area contributed by atoms with Gasteiger partial charge in [0.15, 0.2) is 0 Å². The Labute approximate surface area is 150 Å². The first-order valence-electron chi connectivity index (χ1n) is 9.39. The summed E-state index contributed by atoms with van der Waals surface area (Å²) in [6, 6.07) is 0. The lowest BCUT2D eigenvalue weighted by molar-refractivity contribution is -0.137. The number of aliphatic hydroxyl groups is 2. The second-order valence-corrected chi connectivity index (χ2v) is 6.84. The van der Waals surface area contributed by atoms with Crippen LogP contribution in [0.1, 0.15) is 64.7 Å². The molecule has 0 spiro atoms. The number of hydrogen-bond acceptors (Lipinski definition) is 4. The average molecular weight is 352 g/mol. The number of carbonyl (C=O) groups excluding carboxylic acids is 1. The molecule has 1 unspecified atom stereocenters. The summed E-state index contributed by atoms with van der Waals surface area (Å²) < 4.78 is 0. The highest BCUT2D eigenvalue weighted by Gasteiger charge is 2.39. The van der Waals surface area contributed by atoms with Crippen molar-refractivity contribution in [2.45, 2.75) is 76.9 Å². The van der Waals surface area contributed by atoms with Crippen molar-refractivity contribution in [3.8, 4) is 0 Å². The molecule has 0 bridgehead atoms. The third-order valence-corrected chi connectivity index (χ3v) is 4.77. The number of hydrogen-bond donors (Lipinski definition) is 3. The Morgan fingerprint density at radius 2 is 1.96 bits per heavy atom. The average Bonchev–Trinajstić information content (AvgIpc) is 2.84. The Kier molecular flexibility index (Phi) is 10.3. The molecule has 3 N–H and O–H groups in total. The molecule has 1 aliphatic carbocycles. The van der Waals surface area contributed by atoms with Crippen molar-refractivity contribution in [1.29, 1.82) is 0 Å². The van der Waals surface area contributed by atoms with Crippen molar-refractivity contribution < 1.29 is 24.9 Å². The lowest BCUT2D eigenvalue weighted by Crippen LogP contribution is -2.18. The summed E-state index contributed by atoms with van der Waals surface area (Å²) in [5, 5.41) is 28.2. The zero-order chi connectivity index (χ0) is 18.7. The van der Waals surface area contributed by atoms with Crippen molar-refractivity contribution in [1.82, 2.24) is 0 Å². The van der Waals surface area contributed by atoms with Gasteiger partial charge in [-0.1, -0.05) is 44.1 Å². The lowest BCUT2D eigenvalue weighted by atomic mass is 9.90. The van der Waals surface area contributed by atoms with Crippen LogP contribution in [0.25, 0.3) is 0 Å². The molecular formula is C20H32O5. The minimum absolute atomic E-state index is 0.0893. The molecule has 0 amide bonds. The van der Waals surface area contributed by atoms with E-state index < -0.39 is 18.2 Å². The predicted molar refractivity (Wildman–Crippen MR) is 97.1 cm³/mol. The van der Waals surface area contributed by atoms with Gasteiger partial charge in [0.2, 0.25) is 0 Å². The molecule has 1 rings (SSSR count). The van der Waals surface area contributed by atoms with Gasteiger partial charge in [0.25, 0.3) is 0 Å². The number of aliphatic hydroxyl groups excluding tert-OH is 2. The normalized spacial score (nSPS) is 25.2. The molecule has 25 heavy (non-hydrogen) atoms. The van der Waals surface area contributed by atoms with Crippen LogP contribution in [0, 0.1) is 11.8 Å². The minimum Gasteiger partial charge on any atom is -0.481 e. The third kappa shape index (κ3) is 8.45. The molecule has 0 heterocycles. The smallest absolute Gasteiger partial charge is 0.303 e. The summed E-state index contributed by atoms with van der Waals surface area (Å²) in [7, 11) is 0. The molecule has 4 atom stereocenters. The molecule has 0 aliphatic heterocycles. The van der Waals surface area contributed by atoms with E-state index >= 15 is 0 Å². The summed E-state index contributed by atoms with van der Waals surface area (Å²) in [5.74, 6) is -1.07. The summed E-state index contributed by atoms with van der Waals surface area (Å²) in [6.07, 6.45) is 12.6. The number of ketones is 1. The van der Waals surface area contributed by atoms with Gasteiger partial charge in [-0.3, -0.25) is 9.59 Å². The van der Waals surface area contributed by atoms with Gasteiger partial charge in [-0.2, -0.15) is 0 Å². The summed E-state index contributed by atoms with van der Waals surface area (Å²) in [6.45, 7) is 1.88. The fraction of sp³-hybridized carbons (Fsp3) is 0.700. The molecule has 0 aromatic carbocycles. The molecule has 1 fully saturated rings. The number of carboxylic acids is 1. The topological polar surface area (TPSA) is 94.8 Å². The van der Waals surface area contributed by atoms with Crippen LogP contribution in [0.5, 0.6) is 0 Å². The highest BCUT2D eigenvalue weighted by Crippen LogP contribution is 2.33. The standard InChI is InChI=1S/C20H32O5/c1-2-15(21)12-13-17-16(18(22)14-19(17)23)10-8-6-4-3-5-7-9-11-20(24)25/h6,8,12-13,15-17,19,21,23H,2-5,7,9-11,14H2,1H3,(H,24,25)/b8-6+,13-12+/t15?,16-,17-,19-/m1/s1. The van der Waals surface area contributed by atoms with Gasteiger partial charge < -0.3 is 15.3 Å². The Hall–Kier alpha value is -1.46. The zero-order valence-electron chi connectivity index (χ0n) is 15.1. The maximum atomic E-state index is 12.1. The zero-order valence-corrected chi connectivity index (χ0v) is 15.1. The second kappa shape index (κ2) is 12.0. The molecule has 0 aromatic heterocycles. The maximum absolute atomic E-state index is 12.1. The van der Waals surface area contributed by atoms with E-state index in [4.69, 9.17) is 5.11 Å². The fourth-order valence-corrected chi connectivity index (χ4v) is 3.17. The SMILES string of the molecule is CCC(O)/C=C/[C@H]1[C@H](O)CC(=O)[C@@H]1C/C=C/CCCCCCC(=O)O. The van der Waals surface area contributed by atoms with Gasteiger partial charge in [0, 0.05) is 24.7 Å². The van der Waals surface area contributed by atoms with Crippen LogP contribution < -0.4 is 0 Å². The molecular weight excluding hydrogens is 320 g/mol. The van der Waals surface area contributed by atoms with Crippen molar-refractivity contribution >= 4 is 11.8 Å². The quantitative estimate of drug-likeness (QED) is 0.370. The van der Waals surface area contributed by atoms with Crippen LogP contribution in [-0.4, -0.2) is 39.3 Å². The van der Waals surface area contributed by atoms with Gasteiger partial charge in [-0.25, -0.2) is 0 Å². The van der Waals surface area contributed by atoms with E-state index in [9.17, 15) is 19.8 Å². The Bertz CT molecular complexity index is 469. The van der Waals surface area contributed by atoms with Gasteiger partial charge in [0.05, 0.1) is 12.2 Å². The van der Waals surface area contributed by atoms with Gasteiger partial charge >= 0.3 is 5.97 Å². The van der Waals surface area contributed by atoms with Crippen molar-refractivity contribution in [3.63, 3.8) is 0 Å². The van der Waals surface area contributed by atoms with Crippen molar-refractivity contribution in [2.75, 3.05) is 0 Å². The predicted octanol–water partition coefficient (Wildman–Crippen LogP) is 3.25. The number of aliphatic carboxylic acids is 1. The molecule has 1 aliphatic rings. The number of carbonyl (C=O) groups is 2. The van der Waals surface area contributed by atoms with Crippen LogP contribution in [-0.2, 0) is 9.59 Å². The molecule has 5 heteroatoms. The van der Waals surface area contributed by atoms with Crippen LogP contribution in [0.3, 0.4) is 0 Å². The second-order valence-electron chi connectivity index (χ2n) is 6.84. The van der Waals surface area contributed by atoms with Crippen molar-refractivity contribution in [2.24, 2.45) is 11.8 Å². The molecule has 142 valence electrons. The van der Waals surface area contributed by atoms with Crippen LogP contribution in [0.2, 0.25) is 0 Å². The minimum atomic E-state index is -0.738. The summed E-state index contributed by atoms with van der Waals surface area (Å²) in [5.41, 5.74) is 0. The van der Waals surface area contributed by atoms with E-state index in [0.717, 1.165) is 32.1 Å². The summed E-state index contributed by atoms with van der Waals surface area (Å²) in [4.78, 5) is 22.5. The monoisotopic (exact) mass is 352 g/mol. The summed E-state index contributed by atoms with van der Waals surface area (Å²) >= 11 is 0. The highest BCUT2D eigenvalue weighted by molar-refractivity contribution is 5.84. The largest absolute Gasteiger partial charge is 0.481 e. The Balaban J connectivity index is 2.31. The van der Waals surface area contributed by atoms with Gasteiger partial charge in [-0.15, -0.1) is 0 Å². The first-order chi connectivity index (χ1) is 12.0. The Morgan fingerprint density at radius 1 is 1.24 bits per heavy atom. The first kappa shape index (κ1) is 21.6. The highest BCUT2D eigenvalue weighted by atomic mass is 16.4. The molecule has 0 aromatic rings. The van der Waals surface area contributed by atoms with Gasteiger partial charge in [-0.05, 0) is 32.1 Å². The lowest BCUT2D eigenvalue weighted by Gasteiger charge is -2.16. The number of allylic oxidation sites excluding steroid dienone is 2. The van der Waals surface area contributed by atoms with E-state index in [2.05, 4.69) is 6.08 Å². The van der Waals surface area contributed by atoms with E-state index in [1.807, 2.05) is 13.0 Å². The van der Waals surface area contributed by atoms with E-state index in [0.29, 0.717) is 12.8 Å². The maximum Gasteiger partial charge on any atom is 0.303 e. The fourth-order valence-electron chi connectivity index (χ4n) is 3.17.